The van der Waals surface area contributed by atoms with Crippen LogP contribution in [-0.4, -0.2) is 11.1 Å². The number of carboxylic acid groups (broad SMARTS) is 1. The Balaban J connectivity index is 2.51. The summed E-state index contributed by atoms with van der Waals surface area (Å²) in [6.45, 7) is 4.09. The lowest BCUT2D eigenvalue weighted by molar-refractivity contribution is 0.0697. The predicted molar refractivity (Wildman–Crippen MR) is 73.3 cm³/mol. The molecule has 0 bridgehead atoms. The van der Waals surface area contributed by atoms with Crippen molar-refractivity contribution < 1.29 is 9.90 Å². The third kappa shape index (κ3) is 2.39. The van der Waals surface area contributed by atoms with Crippen molar-refractivity contribution in [2.45, 2.75) is 13.8 Å². The molecular formula is C15H13ClO2. The van der Waals surface area contributed by atoms with Crippen molar-refractivity contribution in [3.63, 3.8) is 0 Å². The van der Waals surface area contributed by atoms with E-state index in [1.165, 1.54) is 17.2 Å². The molecule has 1 N–H and O–H groups in total. The molecule has 0 aliphatic carbocycles. The number of carbonyl (C=O) groups is 1. The smallest absolute Gasteiger partial charge is 0.335 e. The van der Waals surface area contributed by atoms with E-state index in [0.29, 0.717) is 5.02 Å². The molecule has 0 fully saturated rings. The van der Waals surface area contributed by atoms with Gasteiger partial charge in [-0.3, -0.25) is 0 Å². The van der Waals surface area contributed by atoms with E-state index in [1.54, 1.807) is 12.1 Å². The van der Waals surface area contributed by atoms with E-state index < -0.39 is 5.97 Å². The quantitative estimate of drug-likeness (QED) is 0.873. The molecule has 92 valence electrons. The molecule has 2 rings (SSSR count). The maximum Gasteiger partial charge on any atom is 0.335 e. The highest BCUT2D eigenvalue weighted by molar-refractivity contribution is 6.33. The summed E-state index contributed by atoms with van der Waals surface area (Å²) in [4.78, 5) is 10.8. The molecule has 0 atom stereocenters. The highest BCUT2D eigenvalue weighted by atomic mass is 35.5. The lowest BCUT2D eigenvalue weighted by Crippen LogP contribution is -1.96. The van der Waals surface area contributed by atoms with E-state index in [2.05, 4.69) is 6.07 Å². The van der Waals surface area contributed by atoms with Crippen LogP contribution >= 0.6 is 11.6 Å². The molecule has 0 spiro atoms. The average molecular weight is 261 g/mol. The Bertz CT molecular complexity index is 618. The molecule has 0 aliphatic rings. The summed E-state index contributed by atoms with van der Waals surface area (Å²) in [7, 11) is 0. The van der Waals surface area contributed by atoms with E-state index in [-0.39, 0.29) is 5.56 Å². The summed E-state index contributed by atoms with van der Waals surface area (Å²) in [5.41, 5.74) is 4.46. The van der Waals surface area contributed by atoms with Crippen molar-refractivity contribution in [2.24, 2.45) is 0 Å². The molecule has 18 heavy (non-hydrogen) atoms. The molecule has 0 heterocycles. The fourth-order valence-electron chi connectivity index (χ4n) is 1.79. The minimum atomic E-state index is -0.969. The maximum absolute atomic E-state index is 10.8. The summed E-state index contributed by atoms with van der Waals surface area (Å²) >= 11 is 6.14. The molecule has 3 heteroatoms. The second-order valence-corrected chi connectivity index (χ2v) is 4.71. The van der Waals surface area contributed by atoms with Crippen molar-refractivity contribution in [2.75, 3.05) is 0 Å². The van der Waals surface area contributed by atoms with Gasteiger partial charge < -0.3 is 5.11 Å². The first-order valence-electron chi connectivity index (χ1n) is 5.59. The SMILES string of the molecule is Cc1ccc(-c2ccc(C(=O)O)cc2Cl)cc1C. The molecule has 0 saturated heterocycles. The second kappa shape index (κ2) is 4.83. The number of aryl methyl sites for hydroxylation is 2. The van der Waals surface area contributed by atoms with Crippen LogP contribution in [0.4, 0.5) is 0 Å². The van der Waals surface area contributed by atoms with Crippen LogP contribution in [0, 0.1) is 13.8 Å². The minimum absolute atomic E-state index is 0.201. The molecule has 0 amide bonds. The predicted octanol–water partition coefficient (Wildman–Crippen LogP) is 4.32. The molecule has 0 saturated carbocycles. The van der Waals surface area contributed by atoms with Crippen molar-refractivity contribution in [1.29, 1.82) is 0 Å². The molecule has 2 aromatic carbocycles. The van der Waals surface area contributed by atoms with E-state index >= 15 is 0 Å². The second-order valence-electron chi connectivity index (χ2n) is 4.30. The van der Waals surface area contributed by atoms with Gasteiger partial charge in [-0.15, -0.1) is 0 Å². The van der Waals surface area contributed by atoms with Crippen LogP contribution in [-0.2, 0) is 0 Å². The number of hydrogen-bond donors (Lipinski definition) is 1. The van der Waals surface area contributed by atoms with Gasteiger partial charge in [-0.2, -0.15) is 0 Å². The first kappa shape index (κ1) is 12.7. The Morgan fingerprint density at radius 3 is 2.33 bits per heavy atom. The minimum Gasteiger partial charge on any atom is -0.478 e. The van der Waals surface area contributed by atoms with Crippen LogP contribution in [0.1, 0.15) is 21.5 Å². The Labute approximate surface area is 111 Å². The highest BCUT2D eigenvalue weighted by Crippen LogP contribution is 2.30. The van der Waals surface area contributed by atoms with E-state index in [9.17, 15) is 4.79 Å². The summed E-state index contributed by atoms with van der Waals surface area (Å²) in [5, 5.41) is 9.35. The third-order valence-corrected chi connectivity index (χ3v) is 3.35. The van der Waals surface area contributed by atoms with Gasteiger partial charge in [0.05, 0.1) is 5.56 Å². The van der Waals surface area contributed by atoms with Crippen LogP contribution in [0.2, 0.25) is 5.02 Å². The molecule has 0 aromatic heterocycles. The van der Waals surface area contributed by atoms with Crippen LogP contribution in [0.25, 0.3) is 11.1 Å². The van der Waals surface area contributed by atoms with E-state index in [1.807, 2.05) is 26.0 Å². The number of hydrogen-bond acceptors (Lipinski definition) is 1. The van der Waals surface area contributed by atoms with Gasteiger partial charge in [-0.25, -0.2) is 4.79 Å². The number of rotatable bonds is 2. The molecule has 2 nitrogen and oxygen atoms in total. The van der Waals surface area contributed by atoms with Crippen molar-refractivity contribution in [3.05, 3.63) is 58.1 Å². The average Bonchev–Trinajstić information content (AvgIpc) is 2.32. The lowest BCUT2D eigenvalue weighted by atomic mass is 9.99. The summed E-state index contributed by atoms with van der Waals surface area (Å²) in [6, 6.07) is 10.9. The van der Waals surface area contributed by atoms with Crippen molar-refractivity contribution in [1.82, 2.24) is 0 Å². The highest BCUT2D eigenvalue weighted by Gasteiger charge is 2.09. The number of benzene rings is 2. The van der Waals surface area contributed by atoms with Crippen molar-refractivity contribution >= 4 is 17.6 Å². The number of halogens is 1. The van der Waals surface area contributed by atoms with Gasteiger partial charge in [0.25, 0.3) is 0 Å². The normalized spacial score (nSPS) is 10.4. The number of carboxylic acids is 1. The zero-order valence-electron chi connectivity index (χ0n) is 10.2. The van der Waals surface area contributed by atoms with E-state index in [0.717, 1.165) is 11.1 Å². The molecule has 0 unspecified atom stereocenters. The zero-order chi connectivity index (χ0) is 13.3. The fourth-order valence-corrected chi connectivity index (χ4v) is 2.08. The van der Waals surface area contributed by atoms with Gasteiger partial charge in [0.2, 0.25) is 0 Å². The topological polar surface area (TPSA) is 37.3 Å². The zero-order valence-corrected chi connectivity index (χ0v) is 11.0. The summed E-state index contributed by atoms with van der Waals surface area (Å²) in [6.07, 6.45) is 0. The monoisotopic (exact) mass is 260 g/mol. The van der Waals surface area contributed by atoms with Crippen LogP contribution in [0.15, 0.2) is 36.4 Å². The van der Waals surface area contributed by atoms with Gasteiger partial charge in [0.15, 0.2) is 0 Å². The molecule has 0 radical (unpaired) electrons. The summed E-state index contributed by atoms with van der Waals surface area (Å²) < 4.78 is 0. The van der Waals surface area contributed by atoms with Crippen LogP contribution in [0.3, 0.4) is 0 Å². The van der Waals surface area contributed by atoms with Gasteiger partial charge >= 0.3 is 5.97 Å². The first-order chi connectivity index (χ1) is 8.49. The Kier molecular flexibility index (Phi) is 3.39. The van der Waals surface area contributed by atoms with E-state index in [4.69, 9.17) is 16.7 Å². The Hall–Kier alpha value is -1.80. The Morgan fingerprint density at radius 1 is 1.06 bits per heavy atom. The fraction of sp³-hybridized carbons (Fsp3) is 0.133. The van der Waals surface area contributed by atoms with Gasteiger partial charge in [-0.05, 0) is 42.7 Å². The van der Waals surface area contributed by atoms with Crippen molar-refractivity contribution in [3.8, 4) is 11.1 Å². The van der Waals surface area contributed by atoms with Crippen LogP contribution < -0.4 is 0 Å². The maximum atomic E-state index is 10.8. The van der Waals surface area contributed by atoms with Gasteiger partial charge in [0.1, 0.15) is 0 Å². The third-order valence-electron chi connectivity index (χ3n) is 3.03. The Morgan fingerprint density at radius 2 is 1.78 bits per heavy atom. The molecule has 0 aliphatic heterocycles. The molecular weight excluding hydrogens is 248 g/mol. The van der Waals surface area contributed by atoms with Gasteiger partial charge in [0, 0.05) is 10.6 Å². The van der Waals surface area contributed by atoms with Gasteiger partial charge in [-0.1, -0.05) is 35.9 Å². The summed E-state index contributed by atoms with van der Waals surface area (Å²) in [5.74, 6) is -0.969. The largest absolute Gasteiger partial charge is 0.478 e. The standard InChI is InChI=1S/C15H13ClO2/c1-9-3-4-11(7-10(9)2)13-6-5-12(15(17)18)8-14(13)16/h3-8H,1-2H3,(H,17,18). The van der Waals surface area contributed by atoms with Crippen LogP contribution in [0.5, 0.6) is 0 Å². The lowest BCUT2D eigenvalue weighted by Gasteiger charge is -2.08. The first-order valence-corrected chi connectivity index (χ1v) is 5.97. The molecule has 2 aromatic rings. The number of aromatic carboxylic acids is 1.